The third-order valence-electron chi connectivity index (χ3n) is 3.36. The Morgan fingerprint density at radius 1 is 1.44 bits per heavy atom. The molecule has 0 spiro atoms. The van der Waals surface area contributed by atoms with Crippen LogP contribution >= 0.6 is 0 Å². The van der Waals surface area contributed by atoms with Crippen LogP contribution in [0, 0.1) is 6.92 Å². The fourth-order valence-corrected chi connectivity index (χ4v) is 2.27. The Labute approximate surface area is 106 Å². The van der Waals surface area contributed by atoms with Gasteiger partial charge in [-0.1, -0.05) is 6.07 Å². The molecule has 98 valence electrons. The van der Waals surface area contributed by atoms with E-state index in [0.29, 0.717) is 18.5 Å². The van der Waals surface area contributed by atoms with Crippen molar-refractivity contribution in [3.63, 3.8) is 0 Å². The maximum Gasteiger partial charge on any atom is 0.270 e. The lowest BCUT2D eigenvalue weighted by atomic mass is 9.90. The molecule has 1 heterocycles. The number of nitrogens with one attached hydrogen (secondary N) is 1. The van der Waals surface area contributed by atoms with Crippen molar-refractivity contribution in [2.75, 3.05) is 0 Å². The van der Waals surface area contributed by atoms with Crippen molar-refractivity contribution in [3.05, 3.63) is 29.6 Å². The second-order valence-electron chi connectivity index (χ2n) is 4.74. The molecule has 1 fully saturated rings. The molecule has 3 atom stereocenters. The highest BCUT2D eigenvalue weighted by Gasteiger charge is 2.31. The third kappa shape index (κ3) is 2.68. The number of rotatable bonds is 2. The molecule has 0 radical (unpaired) electrons. The number of carbonyl (C=O) groups excluding carboxylic acids is 1. The van der Waals surface area contributed by atoms with Crippen LogP contribution < -0.4 is 5.32 Å². The van der Waals surface area contributed by atoms with Crippen LogP contribution in [0.25, 0.3) is 0 Å². The van der Waals surface area contributed by atoms with E-state index in [1.165, 1.54) is 0 Å². The Morgan fingerprint density at radius 3 is 2.94 bits per heavy atom. The van der Waals surface area contributed by atoms with Gasteiger partial charge in [-0.15, -0.1) is 0 Å². The van der Waals surface area contributed by atoms with E-state index in [2.05, 4.69) is 10.3 Å². The lowest BCUT2D eigenvalue weighted by molar-refractivity contribution is -0.0278. The molecule has 0 bridgehead atoms. The number of hydrogen-bond donors (Lipinski definition) is 3. The second-order valence-corrected chi connectivity index (χ2v) is 4.74. The van der Waals surface area contributed by atoms with Gasteiger partial charge in [0.15, 0.2) is 0 Å². The van der Waals surface area contributed by atoms with Gasteiger partial charge in [-0.3, -0.25) is 9.78 Å². The number of pyridine rings is 1. The lowest BCUT2D eigenvalue weighted by Crippen LogP contribution is -2.51. The van der Waals surface area contributed by atoms with Gasteiger partial charge in [0.2, 0.25) is 0 Å². The van der Waals surface area contributed by atoms with Gasteiger partial charge >= 0.3 is 0 Å². The summed E-state index contributed by atoms with van der Waals surface area (Å²) in [5.74, 6) is -0.300. The summed E-state index contributed by atoms with van der Waals surface area (Å²) in [5.41, 5.74) is 1.16. The SMILES string of the molecule is Cc1cccnc1C(=O)N[C@@H]1CCC[C@@H](O)[C@@H]1O. The molecule has 1 aromatic rings. The summed E-state index contributed by atoms with van der Waals surface area (Å²) in [6.07, 6.45) is 1.96. The summed E-state index contributed by atoms with van der Waals surface area (Å²) in [6, 6.07) is 3.18. The van der Waals surface area contributed by atoms with Gasteiger partial charge in [0.25, 0.3) is 5.91 Å². The summed E-state index contributed by atoms with van der Waals surface area (Å²) in [7, 11) is 0. The molecule has 5 nitrogen and oxygen atoms in total. The van der Waals surface area contributed by atoms with Crippen LogP contribution in [-0.2, 0) is 0 Å². The molecule has 5 heteroatoms. The van der Waals surface area contributed by atoms with Gasteiger partial charge < -0.3 is 15.5 Å². The molecule has 1 aliphatic rings. The molecule has 1 aliphatic carbocycles. The quantitative estimate of drug-likeness (QED) is 0.709. The van der Waals surface area contributed by atoms with Crippen LogP contribution in [0.4, 0.5) is 0 Å². The van der Waals surface area contributed by atoms with Crippen LogP contribution in [0.2, 0.25) is 0 Å². The van der Waals surface area contributed by atoms with Gasteiger partial charge in [-0.25, -0.2) is 0 Å². The largest absolute Gasteiger partial charge is 0.390 e. The average Bonchev–Trinajstić information content (AvgIpc) is 2.35. The highest BCUT2D eigenvalue weighted by Crippen LogP contribution is 2.19. The predicted molar refractivity (Wildman–Crippen MR) is 66.1 cm³/mol. The van der Waals surface area contributed by atoms with Crippen molar-refractivity contribution in [1.29, 1.82) is 0 Å². The monoisotopic (exact) mass is 250 g/mol. The van der Waals surface area contributed by atoms with E-state index >= 15 is 0 Å². The third-order valence-corrected chi connectivity index (χ3v) is 3.36. The number of hydrogen-bond acceptors (Lipinski definition) is 4. The van der Waals surface area contributed by atoms with Crippen molar-refractivity contribution in [2.45, 2.75) is 44.4 Å². The van der Waals surface area contributed by atoms with Gasteiger partial charge in [-0.2, -0.15) is 0 Å². The molecular weight excluding hydrogens is 232 g/mol. The van der Waals surface area contributed by atoms with E-state index in [9.17, 15) is 15.0 Å². The number of aliphatic hydroxyl groups is 2. The maximum atomic E-state index is 12.0. The standard InChI is InChI=1S/C13H18N2O3/c1-8-4-3-7-14-11(8)13(18)15-9-5-2-6-10(16)12(9)17/h3-4,7,9-10,12,16-17H,2,5-6H2,1H3,(H,15,18)/t9-,10-,12-/m1/s1. The highest BCUT2D eigenvalue weighted by molar-refractivity contribution is 5.93. The topological polar surface area (TPSA) is 82.5 Å². The Morgan fingerprint density at radius 2 is 2.22 bits per heavy atom. The number of aliphatic hydroxyl groups excluding tert-OH is 2. The summed E-state index contributed by atoms with van der Waals surface area (Å²) < 4.78 is 0. The van der Waals surface area contributed by atoms with Gasteiger partial charge in [0.1, 0.15) is 5.69 Å². The molecule has 0 saturated heterocycles. The van der Waals surface area contributed by atoms with E-state index in [1.54, 1.807) is 12.3 Å². The van der Waals surface area contributed by atoms with Crippen molar-refractivity contribution in [2.24, 2.45) is 0 Å². The number of aryl methyl sites for hydroxylation is 1. The van der Waals surface area contributed by atoms with Gasteiger partial charge in [0, 0.05) is 6.20 Å². The minimum absolute atomic E-state index is 0.300. The second kappa shape index (κ2) is 5.46. The van der Waals surface area contributed by atoms with E-state index in [4.69, 9.17) is 0 Å². The summed E-state index contributed by atoms with van der Waals surface area (Å²) in [5, 5.41) is 22.1. The van der Waals surface area contributed by atoms with Crippen LogP contribution in [0.15, 0.2) is 18.3 Å². The molecule has 0 unspecified atom stereocenters. The average molecular weight is 250 g/mol. The molecule has 0 aliphatic heterocycles. The molecule has 3 N–H and O–H groups in total. The van der Waals surface area contributed by atoms with Crippen LogP contribution in [0.5, 0.6) is 0 Å². The minimum Gasteiger partial charge on any atom is -0.390 e. The van der Waals surface area contributed by atoms with Crippen LogP contribution in [-0.4, -0.2) is 39.4 Å². The van der Waals surface area contributed by atoms with Crippen molar-refractivity contribution in [1.82, 2.24) is 10.3 Å². The summed E-state index contributed by atoms with van der Waals surface area (Å²) >= 11 is 0. The van der Waals surface area contributed by atoms with Crippen LogP contribution in [0.3, 0.4) is 0 Å². The molecule has 0 aromatic carbocycles. The van der Waals surface area contributed by atoms with E-state index in [1.807, 2.05) is 13.0 Å². The number of aromatic nitrogens is 1. The van der Waals surface area contributed by atoms with Gasteiger partial charge in [0.05, 0.1) is 18.2 Å². The van der Waals surface area contributed by atoms with Gasteiger partial charge in [-0.05, 0) is 37.8 Å². The zero-order chi connectivity index (χ0) is 13.1. The van der Waals surface area contributed by atoms with Crippen molar-refractivity contribution >= 4 is 5.91 Å². The zero-order valence-electron chi connectivity index (χ0n) is 10.3. The maximum absolute atomic E-state index is 12.0. The number of amides is 1. The fourth-order valence-electron chi connectivity index (χ4n) is 2.27. The van der Waals surface area contributed by atoms with E-state index in [0.717, 1.165) is 12.0 Å². The Bertz CT molecular complexity index is 436. The normalized spacial score (nSPS) is 27.8. The minimum atomic E-state index is -0.897. The predicted octanol–water partition coefficient (Wildman–Crippen LogP) is 0.394. The molecule has 1 aromatic heterocycles. The Balaban J connectivity index is 2.05. The molecule has 1 amide bonds. The van der Waals surface area contributed by atoms with E-state index < -0.39 is 18.2 Å². The molecule has 1 saturated carbocycles. The Hall–Kier alpha value is -1.46. The number of carbonyl (C=O) groups is 1. The first-order valence-electron chi connectivity index (χ1n) is 6.18. The summed E-state index contributed by atoms with van der Waals surface area (Å²) in [6.45, 7) is 1.81. The molecular formula is C13H18N2O3. The fraction of sp³-hybridized carbons (Fsp3) is 0.538. The summed E-state index contributed by atoms with van der Waals surface area (Å²) in [4.78, 5) is 16.1. The zero-order valence-corrected chi connectivity index (χ0v) is 10.3. The van der Waals surface area contributed by atoms with Crippen molar-refractivity contribution in [3.8, 4) is 0 Å². The number of nitrogens with zero attached hydrogens (tertiary/aromatic N) is 1. The highest BCUT2D eigenvalue weighted by atomic mass is 16.3. The van der Waals surface area contributed by atoms with Crippen LogP contribution in [0.1, 0.15) is 35.3 Å². The van der Waals surface area contributed by atoms with Crippen molar-refractivity contribution < 1.29 is 15.0 Å². The van der Waals surface area contributed by atoms with E-state index in [-0.39, 0.29) is 5.91 Å². The molecule has 2 rings (SSSR count). The lowest BCUT2D eigenvalue weighted by Gasteiger charge is -2.32. The Kier molecular flexibility index (Phi) is 3.93. The molecule has 18 heavy (non-hydrogen) atoms. The first-order valence-corrected chi connectivity index (χ1v) is 6.18. The smallest absolute Gasteiger partial charge is 0.270 e. The first-order chi connectivity index (χ1) is 8.59. The first kappa shape index (κ1) is 13.0.